The molecule has 0 spiro atoms. The standard InChI is InChI=1S/C17H17ClN4O2/c18-13-4-6-15(7-5-13)22-10-9-21(17(22)24)12-16(23)20-11-14-3-1-2-8-19-14/h1-8H,9-12H2,(H,20,23). The number of hydrogen-bond acceptors (Lipinski definition) is 3. The molecule has 0 saturated carbocycles. The number of pyridine rings is 1. The lowest BCUT2D eigenvalue weighted by atomic mass is 10.3. The fraction of sp³-hybridized carbons (Fsp3) is 0.235. The maximum absolute atomic E-state index is 12.4. The molecule has 24 heavy (non-hydrogen) atoms. The first-order valence-electron chi connectivity index (χ1n) is 7.62. The minimum absolute atomic E-state index is 0.0375. The third-order valence-electron chi connectivity index (χ3n) is 3.76. The number of benzene rings is 1. The lowest BCUT2D eigenvalue weighted by molar-refractivity contribution is -0.121. The van der Waals surface area contributed by atoms with Gasteiger partial charge in [0.15, 0.2) is 0 Å². The minimum atomic E-state index is -0.202. The lowest BCUT2D eigenvalue weighted by Crippen LogP contribution is -2.39. The molecule has 2 aromatic rings. The van der Waals surface area contributed by atoms with Gasteiger partial charge in [-0.2, -0.15) is 0 Å². The first-order chi connectivity index (χ1) is 11.6. The van der Waals surface area contributed by atoms with Crippen LogP contribution in [0.15, 0.2) is 48.7 Å². The third-order valence-corrected chi connectivity index (χ3v) is 4.01. The van der Waals surface area contributed by atoms with E-state index in [-0.39, 0.29) is 18.5 Å². The summed E-state index contributed by atoms with van der Waals surface area (Å²) in [6.07, 6.45) is 1.68. The fourth-order valence-corrected chi connectivity index (χ4v) is 2.64. The van der Waals surface area contributed by atoms with Crippen molar-refractivity contribution in [1.82, 2.24) is 15.2 Å². The molecule has 1 saturated heterocycles. The van der Waals surface area contributed by atoms with Gasteiger partial charge in [0, 0.05) is 30.0 Å². The van der Waals surface area contributed by atoms with Gasteiger partial charge in [-0.3, -0.25) is 14.7 Å². The molecule has 0 aliphatic carbocycles. The summed E-state index contributed by atoms with van der Waals surface area (Å²) in [5, 5.41) is 3.40. The van der Waals surface area contributed by atoms with Crippen molar-refractivity contribution in [3.63, 3.8) is 0 Å². The zero-order valence-electron chi connectivity index (χ0n) is 13.0. The molecule has 3 rings (SSSR count). The summed E-state index contributed by atoms with van der Waals surface area (Å²) in [4.78, 5) is 31.8. The maximum atomic E-state index is 12.4. The first-order valence-corrected chi connectivity index (χ1v) is 8.00. The van der Waals surface area contributed by atoms with Crippen LogP contribution >= 0.6 is 11.6 Å². The van der Waals surface area contributed by atoms with Crippen LogP contribution < -0.4 is 10.2 Å². The number of rotatable bonds is 5. The summed E-state index contributed by atoms with van der Waals surface area (Å²) >= 11 is 5.87. The summed E-state index contributed by atoms with van der Waals surface area (Å²) in [6, 6.07) is 12.4. The summed E-state index contributed by atoms with van der Waals surface area (Å²) in [7, 11) is 0. The average Bonchev–Trinajstić information content (AvgIpc) is 2.95. The van der Waals surface area contributed by atoms with E-state index in [1.807, 2.05) is 18.2 Å². The van der Waals surface area contributed by atoms with Crippen LogP contribution in [0.25, 0.3) is 0 Å². The van der Waals surface area contributed by atoms with Gasteiger partial charge in [-0.1, -0.05) is 17.7 Å². The van der Waals surface area contributed by atoms with E-state index < -0.39 is 0 Å². The molecule has 0 radical (unpaired) electrons. The van der Waals surface area contributed by atoms with Gasteiger partial charge in [0.2, 0.25) is 5.91 Å². The largest absolute Gasteiger partial charge is 0.349 e. The molecule has 0 unspecified atom stereocenters. The Morgan fingerprint density at radius 3 is 2.67 bits per heavy atom. The Labute approximate surface area is 145 Å². The molecule has 2 heterocycles. The van der Waals surface area contributed by atoms with Crippen molar-refractivity contribution >= 4 is 29.2 Å². The Morgan fingerprint density at radius 1 is 1.17 bits per heavy atom. The lowest BCUT2D eigenvalue weighted by Gasteiger charge is -2.18. The van der Waals surface area contributed by atoms with Crippen LogP contribution in [0.3, 0.4) is 0 Å². The van der Waals surface area contributed by atoms with E-state index in [4.69, 9.17) is 11.6 Å². The van der Waals surface area contributed by atoms with Gasteiger partial charge in [-0.25, -0.2) is 4.79 Å². The third kappa shape index (κ3) is 3.83. The molecule has 1 aromatic heterocycles. The van der Waals surface area contributed by atoms with Gasteiger partial charge in [0.05, 0.1) is 12.2 Å². The predicted molar refractivity (Wildman–Crippen MR) is 91.9 cm³/mol. The van der Waals surface area contributed by atoms with Crippen molar-refractivity contribution in [3.05, 3.63) is 59.4 Å². The van der Waals surface area contributed by atoms with Crippen molar-refractivity contribution < 1.29 is 9.59 Å². The van der Waals surface area contributed by atoms with Crippen LogP contribution in [-0.4, -0.2) is 41.5 Å². The summed E-state index contributed by atoms with van der Waals surface area (Å²) in [6.45, 7) is 1.45. The zero-order valence-corrected chi connectivity index (χ0v) is 13.7. The summed E-state index contributed by atoms with van der Waals surface area (Å²) in [5.74, 6) is -0.202. The number of urea groups is 1. The fourth-order valence-electron chi connectivity index (χ4n) is 2.51. The van der Waals surface area contributed by atoms with Gasteiger partial charge >= 0.3 is 6.03 Å². The highest BCUT2D eigenvalue weighted by Crippen LogP contribution is 2.22. The molecule has 0 atom stereocenters. The van der Waals surface area contributed by atoms with Crippen LogP contribution in [0.4, 0.5) is 10.5 Å². The summed E-state index contributed by atoms with van der Waals surface area (Å²) in [5.41, 5.74) is 1.56. The quantitative estimate of drug-likeness (QED) is 0.905. The van der Waals surface area contributed by atoms with E-state index in [0.717, 1.165) is 11.4 Å². The number of amides is 3. The number of halogens is 1. The van der Waals surface area contributed by atoms with E-state index in [1.165, 1.54) is 4.90 Å². The normalized spacial score (nSPS) is 14.1. The SMILES string of the molecule is O=C(CN1CCN(c2ccc(Cl)cc2)C1=O)NCc1ccccn1. The van der Waals surface area contributed by atoms with Gasteiger partial charge in [-0.05, 0) is 36.4 Å². The molecular weight excluding hydrogens is 328 g/mol. The van der Waals surface area contributed by atoms with Crippen LogP contribution in [0.2, 0.25) is 5.02 Å². The van der Waals surface area contributed by atoms with Crippen molar-refractivity contribution in [2.24, 2.45) is 0 Å². The second-order valence-electron chi connectivity index (χ2n) is 5.43. The van der Waals surface area contributed by atoms with Crippen LogP contribution in [0.1, 0.15) is 5.69 Å². The second-order valence-corrected chi connectivity index (χ2v) is 5.87. The number of hydrogen-bond donors (Lipinski definition) is 1. The molecule has 0 bridgehead atoms. The van der Waals surface area contributed by atoms with E-state index in [1.54, 1.807) is 35.4 Å². The highest BCUT2D eigenvalue weighted by Gasteiger charge is 2.30. The van der Waals surface area contributed by atoms with E-state index in [9.17, 15) is 9.59 Å². The molecule has 1 aliphatic rings. The van der Waals surface area contributed by atoms with Gasteiger partial charge < -0.3 is 10.2 Å². The van der Waals surface area contributed by atoms with Gasteiger partial charge in [0.1, 0.15) is 6.54 Å². The second kappa shape index (κ2) is 7.31. The molecule has 7 heteroatoms. The van der Waals surface area contributed by atoms with E-state index in [2.05, 4.69) is 10.3 Å². The Bertz CT molecular complexity index is 721. The number of aromatic nitrogens is 1. The van der Waals surface area contributed by atoms with Crippen molar-refractivity contribution in [3.8, 4) is 0 Å². The molecule has 1 aliphatic heterocycles. The average molecular weight is 345 g/mol. The smallest absolute Gasteiger partial charge is 0.325 e. The molecule has 1 N–H and O–H groups in total. The molecule has 124 valence electrons. The van der Waals surface area contributed by atoms with Crippen LogP contribution in [-0.2, 0) is 11.3 Å². The van der Waals surface area contributed by atoms with Crippen molar-refractivity contribution in [2.45, 2.75) is 6.54 Å². The number of carbonyl (C=O) groups is 2. The Balaban J connectivity index is 1.53. The van der Waals surface area contributed by atoms with E-state index in [0.29, 0.717) is 24.7 Å². The number of carbonyl (C=O) groups excluding carboxylic acids is 2. The van der Waals surface area contributed by atoms with Gasteiger partial charge in [0.25, 0.3) is 0 Å². The maximum Gasteiger partial charge on any atom is 0.325 e. The van der Waals surface area contributed by atoms with Crippen LogP contribution in [0.5, 0.6) is 0 Å². The molecule has 3 amide bonds. The monoisotopic (exact) mass is 344 g/mol. The number of nitrogens with zero attached hydrogens (tertiary/aromatic N) is 3. The minimum Gasteiger partial charge on any atom is -0.349 e. The first kappa shape index (κ1) is 16.3. The van der Waals surface area contributed by atoms with E-state index >= 15 is 0 Å². The predicted octanol–water partition coefficient (Wildman–Crippen LogP) is 2.29. The molecule has 1 aromatic carbocycles. The Kier molecular flexibility index (Phi) is 4.96. The topological polar surface area (TPSA) is 65.5 Å². The van der Waals surface area contributed by atoms with Crippen molar-refractivity contribution in [2.75, 3.05) is 24.5 Å². The Hall–Kier alpha value is -2.60. The molecular formula is C17H17ClN4O2. The number of anilines is 1. The Morgan fingerprint density at radius 2 is 1.96 bits per heavy atom. The highest BCUT2D eigenvalue weighted by atomic mass is 35.5. The highest BCUT2D eigenvalue weighted by molar-refractivity contribution is 6.30. The zero-order chi connectivity index (χ0) is 16.9. The van der Waals surface area contributed by atoms with Crippen molar-refractivity contribution in [1.29, 1.82) is 0 Å². The number of nitrogens with one attached hydrogen (secondary N) is 1. The molecule has 6 nitrogen and oxygen atoms in total. The van der Waals surface area contributed by atoms with Crippen LogP contribution in [0, 0.1) is 0 Å². The molecule has 1 fully saturated rings. The summed E-state index contributed by atoms with van der Waals surface area (Å²) < 4.78 is 0. The van der Waals surface area contributed by atoms with Gasteiger partial charge in [-0.15, -0.1) is 0 Å².